The van der Waals surface area contributed by atoms with E-state index in [1.807, 2.05) is 37.3 Å². The number of benzene rings is 1. The van der Waals surface area contributed by atoms with Gasteiger partial charge in [-0.1, -0.05) is 36.9 Å². The van der Waals surface area contributed by atoms with E-state index in [9.17, 15) is 4.79 Å². The molecule has 1 aliphatic heterocycles. The Morgan fingerprint density at radius 2 is 2.00 bits per heavy atom. The maximum Gasteiger partial charge on any atom is 0.277 e. The number of hydrogen-bond donors (Lipinski definition) is 1. The molecule has 1 amide bonds. The van der Waals surface area contributed by atoms with E-state index in [1.165, 1.54) is 0 Å². The second kappa shape index (κ2) is 4.69. The van der Waals surface area contributed by atoms with Crippen LogP contribution in [0.1, 0.15) is 18.5 Å². The molecule has 1 heterocycles. The second-order valence-corrected chi connectivity index (χ2v) is 3.64. The molecular formula is C12H12N4O. The van der Waals surface area contributed by atoms with Crippen molar-refractivity contribution in [3.8, 4) is 0 Å². The van der Waals surface area contributed by atoms with Crippen LogP contribution in [0.2, 0.25) is 0 Å². The minimum atomic E-state index is -0.362. The van der Waals surface area contributed by atoms with Crippen molar-refractivity contribution in [2.24, 2.45) is 15.2 Å². The third kappa shape index (κ3) is 2.63. The minimum absolute atomic E-state index is 0.0863. The molecule has 1 aromatic carbocycles. The fourth-order valence-corrected chi connectivity index (χ4v) is 1.40. The Bertz CT molecular complexity index is 504. The van der Waals surface area contributed by atoms with E-state index in [0.717, 1.165) is 5.56 Å². The van der Waals surface area contributed by atoms with Gasteiger partial charge in [-0.25, -0.2) is 4.99 Å². The zero-order valence-electron chi connectivity index (χ0n) is 9.42. The van der Waals surface area contributed by atoms with Crippen molar-refractivity contribution in [3.63, 3.8) is 0 Å². The number of rotatable bonds is 2. The molecule has 5 heteroatoms. The molecule has 1 aromatic rings. The van der Waals surface area contributed by atoms with Gasteiger partial charge in [-0.2, -0.15) is 0 Å². The number of azo groups is 1. The van der Waals surface area contributed by atoms with Crippen LogP contribution < -0.4 is 5.32 Å². The van der Waals surface area contributed by atoms with Crippen LogP contribution in [0.15, 0.2) is 57.8 Å². The number of nitrogens with zero attached hydrogens (tertiary/aromatic N) is 3. The molecule has 0 saturated carbocycles. The molecule has 0 fully saturated rings. The summed E-state index contributed by atoms with van der Waals surface area (Å²) < 4.78 is 0. The van der Waals surface area contributed by atoms with E-state index in [0.29, 0.717) is 0 Å². The first-order valence-corrected chi connectivity index (χ1v) is 5.21. The van der Waals surface area contributed by atoms with Crippen LogP contribution in [0.5, 0.6) is 0 Å². The average molecular weight is 228 g/mol. The smallest absolute Gasteiger partial charge is 0.277 e. The molecule has 1 atom stereocenters. The van der Waals surface area contributed by atoms with Crippen molar-refractivity contribution in [2.75, 3.05) is 0 Å². The van der Waals surface area contributed by atoms with E-state index in [-0.39, 0.29) is 23.6 Å². The van der Waals surface area contributed by atoms with Gasteiger partial charge >= 0.3 is 0 Å². The Balaban J connectivity index is 2.18. The first-order chi connectivity index (χ1) is 8.16. The topological polar surface area (TPSA) is 66.2 Å². The molecule has 2 rings (SSSR count). The number of hydrogen-bond acceptors (Lipinski definition) is 3. The van der Waals surface area contributed by atoms with Gasteiger partial charge in [0.05, 0.1) is 6.04 Å². The lowest BCUT2D eigenvalue weighted by molar-refractivity contribution is -0.116. The van der Waals surface area contributed by atoms with Crippen molar-refractivity contribution < 1.29 is 4.79 Å². The summed E-state index contributed by atoms with van der Waals surface area (Å²) in [6.45, 7) is 5.36. The zero-order valence-corrected chi connectivity index (χ0v) is 9.42. The molecule has 0 spiro atoms. The third-order valence-electron chi connectivity index (χ3n) is 2.35. The number of nitrogens with one attached hydrogen (secondary N) is 1. The number of carbonyl (C=O) groups excluding carboxylic acids is 1. The molecule has 0 radical (unpaired) electrons. The minimum Gasteiger partial charge on any atom is -0.288 e. The summed E-state index contributed by atoms with van der Waals surface area (Å²) in [5.74, 6) is -0.141. The highest BCUT2D eigenvalue weighted by molar-refractivity contribution is 6.06. The summed E-state index contributed by atoms with van der Waals surface area (Å²) in [6, 6.07) is 9.67. The molecular weight excluding hydrogens is 216 g/mol. The van der Waals surface area contributed by atoms with Gasteiger partial charge in [0, 0.05) is 0 Å². The summed E-state index contributed by atoms with van der Waals surface area (Å²) in [5, 5.41) is 9.91. The standard InChI is InChI=1S/C12H12N4O/c1-8(10-6-4-3-5-7-10)13-12-14-11(17)9(2)15-16-12/h3-8H,2H2,1H3,(H,13,14,17). The van der Waals surface area contributed by atoms with Gasteiger partial charge in [-0.05, 0) is 12.5 Å². The lowest BCUT2D eigenvalue weighted by atomic mass is 10.1. The number of aliphatic imine (C=N–C) groups is 1. The molecule has 1 aliphatic rings. The van der Waals surface area contributed by atoms with Crippen LogP contribution in [-0.2, 0) is 4.79 Å². The third-order valence-corrected chi connectivity index (χ3v) is 2.35. The number of amides is 1. The summed E-state index contributed by atoms with van der Waals surface area (Å²) >= 11 is 0. The molecule has 0 aromatic heterocycles. The molecule has 86 valence electrons. The molecule has 17 heavy (non-hydrogen) atoms. The zero-order chi connectivity index (χ0) is 12.3. The van der Waals surface area contributed by atoms with Crippen LogP contribution in [0, 0.1) is 0 Å². The van der Waals surface area contributed by atoms with Gasteiger partial charge in [0.15, 0.2) is 0 Å². The van der Waals surface area contributed by atoms with Crippen molar-refractivity contribution in [1.82, 2.24) is 5.32 Å². The Labute approximate surface area is 99.0 Å². The summed E-state index contributed by atoms with van der Waals surface area (Å²) in [5.41, 5.74) is 1.14. The maximum absolute atomic E-state index is 11.3. The largest absolute Gasteiger partial charge is 0.288 e. The fraction of sp³-hybridized carbons (Fsp3) is 0.167. The SMILES string of the molecule is C=C1N=NC(=NC(C)c2ccccc2)NC1=O. The van der Waals surface area contributed by atoms with E-state index >= 15 is 0 Å². The first kappa shape index (κ1) is 11.2. The predicted octanol–water partition coefficient (Wildman–Crippen LogP) is 2.20. The van der Waals surface area contributed by atoms with Gasteiger partial charge in [0.25, 0.3) is 5.91 Å². The van der Waals surface area contributed by atoms with Gasteiger partial charge in [-0.3, -0.25) is 10.1 Å². The normalized spacial score (nSPS) is 19.2. The van der Waals surface area contributed by atoms with E-state index in [1.54, 1.807) is 0 Å². The summed E-state index contributed by atoms with van der Waals surface area (Å²) in [7, 11) is 0. The highest BCUT2D eigenvalue weighted by atomic mass is 16.2. The molecule has 1 N–H and O–H groups in total. The van der Waals surface area contributed by atoms with Crippen LogP contribution in [0.3, 0.4) is 0 Å². The molecule has 0 saturated heterocycles. The summed E-state index contributed by atoms with van der Waals surface area (Å²) in [6.07, 6.45) is 0. The first-order valence-electron chi connectivity index (χ1n) is 5.21. The highest BCUT2D eigenvalue weighted by Crippen LogP contribution is 2.16. The van der Waals surface area contributed by atoms with Crippen molar-refractivity contribution in [1.29, 1.82) is 0 Å². The fourth-order valence-electron chi connectivity index (χ4n) is 1.40. The Hall–Kier alpha value is -2.30. The molecule has 5 nitrogen and oxygen atoms in total. The molecule has 0 aliphatic carbocycles. The van der Waals surface area contributed by atoms with Gasteiger partial charge in [0.2, 0.25) is 5.96 Å². The van der Waals surface area contributed by atoms with Gasteiger partial charge < -0.3 is 0 Å². The van der Waals surface area contributed by atoms with Crippen molar-refractivity contribution in [2.45, 2.75) is 13.0 Å². The monoisotopic (exact) mass is 228 g/mol. The Morgan fingerprint density at radius 3 is 2.65 bits per heavy atom. The Kier molecular flexibility index (Phi) is 3.09. The van der Waals surface area contributed by atoms with Crippen LogP contribution >= 0.6 is 0 Å². The van der Waals surface area contributed by atoms with Crippen LogP contribution in [-0.4, -0.2) is 11.9 Å². The van der Waals surface area contributed by atoms with E-state index in [2.05, 4.69) is 27.1 Å². The van der Waals surface area contributed by atoms with Gasteiger partial charge in [-0.15, -0.1) is 10.2 Å². The van der Waals surface area contributed by atoms with Gasteiger partial charge in [0.1, 0.15) is 5.70 Å². The van der Waals surface area contributed by atoms with Crippen molar-refractivity contribution >= 4 is 11.9 Å². The maximum atomic E-state index is 11.3. The molecule has 1 unspecified atom stereocenters. The Morgan fingerprint density at radius 1 is 1.29 bits per heavy atom. The van der Waals surface area contributed by atoms with Crippen LogP contribution in [0.4, 0.5) is 0 Å². The quantitative estimate of drug-likeness (QED) is 0.775. The average Bonchev–Trinajstić information content (AvgIpc) is 2.35. The van der Waals surface area contributed by atoms with Crippen LogP contribution in [0.25, 0.3) is 0 Å². The lowest BCUT2D eigenvalue weighted by Gasteiger charge is -2.11. The number of carbonyl (C=O) groups is 1. The predicted molar refractivity (Wildman–Crippen MR) is 64.4 cm³/mol. The highest BCUT2D eigenvalue weighted by Gasteiger charge is 2.15. The van der Waals surface area contributed by atoms with Crippen molar-refractivity contribution in [3.05, 3.63) is 48.2 Å². The lowest BCUT2D eigenvalue weighted by Crippen LogP contribution is -2.32. The molecule has 0 bridgehead atoms. The van der Waals surface area contributed by atoms with E-state index < -0.39 is 0 Å². The summed E-state index contributed by atoms with van der Waals surface area (Å²) in [4.78, 5) is 15.6. The number of guanidine groups is 1. The second-order valence-electron chi connectivity index (χ2n) is 3.64. The van der Waals surface area contributed by atoms with E-state index in [4.69, 9.17) is 0 Å².